The lowest BCUT2D eigenvalue weighted by Crippen LogP contribution is -2.15. The van der Waals surface area contributed by atoms with Crippen LogP contribution in [-0.4, -0.2) is 63.9 Å². The maximum absolute atomic E-state index is 11.6. The van der Waals surface area contributed by atoms with E-state index in [1.807, 2.05) is 6.07 Å². The van der Waals surface area contributed by atoms with Crippen molar-refractivity contribution in [3.8, 4) is 0 Å². The number of hydrogen-bond acceptors (Lipinski definition) is 6. The van der Waals surface area contributed by atoms with Crippen LogP contribution < -0.4 is 0 Å². The van der Waals surface area contributed by atoms with E-state index in [2.05, 4.69) is 0 Å². The van der Waals surface area contributed by atoms with Gasteiger partial charge in [-0.2, -0.15) is 0 Å². The van der Waals surface area contributed by atoms with Crippen LogP contribution in [0, 0.1) is 0 Å². The van der Waals surface area contributed by atoms with Gasteiger partial charge in [0.1, 0.15) is 0 Å². The number of ether oxygens (including phenoxy) is 5. The van der Waals surface area contributed by atoms with Crippen LogP contribution in [0.4, 0.5) is 0 Å². The highest BCUT2D eigenvalue weighted by molar-refractivity contribution is 5.91. The molecule has 1 aromatic rings. The molecule has 0 radical (unpaired) electrons. The number of carboxylic acid groups (broad SMARTS) is 1. The van der Waals surface area contributed by atoms with E-state index in [9.17, 15) is 9.90 Å². The Morgan fingerprint density at radius 1 is 0.708 bits per heavy atom. The van der Waals surface area contributed by atoms with Crippen molar-refractivity contribution in [3.05, 3.63) is 34.9 Å². The van der Waals surface area contributed by atoms with Crippen molar-refractivity contribution in [1.82, 2.24) is 0 Å². The maximum atomic E-state index is 11.6. The Morgan fingerprint density at radius 2 is 1.08 bits per heavy atom. The summed E-state index contributed by atoms with van der Waals surface area (Å²) in [5, 5.41) is 9.49. The highest BCUT2D eigenvalue weighted by atomic mass is 16.6. The molecule has 1 heterocycles. The zero-order chi connectivity index (χ0) is 17.0. The first-order valence-corrected chi connectivity index (χ1v) is 8.02. The van der Waals surface area contributed by atoms with Crippen molar-refractivity contribution in [1.29, 1.82) is 0 Å². The van der Waals surface area contributed by atoms with Gasteiger partial charge in [0.2, 0.25) is 0 Å². The molecule has 134 valence electrons. The Balaban J connectivity index is 2.00. The zero-order valence-corrected chi connectivity index (χ0v) is 13.7. The van der Waals surface area contributed by atoms with Crippen molar-refractivity contribution in [2.24, 2.45) is 0 Å². The third-order valence-electron chi connectivity index (χ3n) is 3.45. The van der Waals surface area contributed by atoms with Gasteiger partial charge in [-0.15, -0.1) is 0 Å². The van der Waals surface area contributed by atoms with Crippen LogP contribution in [-0.2, 0) is 36.9 Å². The predicted molar refractivity (Wildman–Crippen MR) is 85.2 cm³/mol. The number of benzene rings is 1. The number of hydrogen-bond donors (Lipinski definition) is 1. The standard InChI is InChI=1S/C17H24O7/c18-17(19)16-14-2-1-3-15(16)13-24-11-9-22-7-5-20-4-6-21-8-10-23-12-14/h1-3H,4-13H2,(H,18,19). The molecule has 2 bridgehead atoms. The van der Waals surface area contributed by atoms with Gasteiger partial charge >= 0.3 is 5.97 Å². The molecule has 0 saturated carbocycles. The van der Waals surface area contributed by atoms with Crippen molar-refractivity contribution < 1.29 is 33.6 Å². The molecule has 1 aliphatic heterocycles. The molecule has 24 heavy (non-hydrogen) atoms. The van der Waals surface area contributed by atoms with E-state index < -0.39 is 5.97 Å². The molecule has 0 saturated heterocycles. The lowest BCUT2D eigenvalue weighted by molar-refractivity contribution is -0.0146. The molecule has 0 atom stereocenters. The second-order valence-corrected chi connectivity index (χ2v) is 5.20. The first kappa shape index (κ1) is 18.8. The van der Waals surface area contributed by atoms with E-state index in [1.54, 1.807) is 12.1 Å². The van der Waals surface area contributed by atoms with Gasteiger partial charge in [-0.3, -0.25) is 0 Å². The summed E-state index contributed by atoms with van der Waals surface area (Å²) in [6.45, 7) is 4.08. The topological polar surface area (TPSA) is 83.5 Å². The molecule has 7 heteroatoms. The number of carboxylic acids is 1. The first-order valence-electron chi connectivity index (χ1n) is 8.02. The molecule has 0 aromatic heterocycles. The van der Waals surface area contributed by atoms with Crippen molar-refractivity contribution in [3.63, 3.8) is 0 Å². The van der Waals surface area contributed by atoms with E-state index >= 15 is 0 Å². The largest absolute Gasteiger partial charge is 0.478 e. The predicted octanol–water partition coefficient (Wildman–Crippen LogP) is 1.48. The second-order valence-electron chi connectivity index (χ2n) is 5.20. The van der Waals surface area contributed by atoms with Gasteiger partial charge < -0.3 is 28.8 Å². The van der Waals surface area contributed by atoms with Crippen LogP contribution in [0.2, 0.25) is 0 Å². The number of fused-ring (bicyclic) bond motifs is 2. The molecular weight excluding hydrogens is 316 g/mol. The first-order chi connectivity index (χ1) is 11.8. The molecule has 0 amide bonds. The van der Waals surface area contributed by atoms with Crippen LogP contribution in [0.3, 0.4) is 0 Å². The molecule has 7 nitrogen and oxygen atoms in total. The second kappa shape index (κ2) is 11.1. The maximum Gasteiger partial charge on any atom is 0.336 e. The molecule has 1 aliphatic rings. The molecule has 0 spiro atoms. The fourth-order valence-corrected chi connectivity index (χ4v) is 2.31. The summed E-state index contributed by atoms with van der Waals surface area (Å²) < 4.78 is 27.2. The lowest BCUT2D eigenvalue weighted by Gasteiger charge is -2.13. The van der Waals surface area contributed by atoms with Gasteiger partial charge in [0.25, 0.3) is 0 Å². The van der Waals surface area contributed by atoms with E-state index in [-0.39, 0.29) is 18.8 Å². The molecule has 0 unspecified atom stereocenters. The van der Waals surface area contributed by atoms with Crippen LogP contribution >= 0.6 is 0 Å². The Hall–Kier alpha value is -1.51. The highest BCUT2D eigenvalue weighted by Gasteiger charge is 2.15. The minimum absolute atomic E-state index is 0.221. The van der Waals surface area contributed by atoms with Gasteiger partial charge in [-0.25, -0.2) is 4.79 Å². The van der Waals surface area contributed by atoms with E-state index in [0.717, 1.165) is 0 Å². The van der Waals surface area contributed by atoms with Gasteiger partial charge in [-0.1, -0.05) is 18.2 Å². The Bertz CT molecular complexity index is 469. The van der Waals surface area contributed by atoms with E-state index in [4.69, 9.17) is 23.7 Å². The molecule has 0 fully saturated rings. The Labute approximate surface area is 141 Å². The van der Waals surface area contributed by atoms with Gasteiger partial charge in [0.05, 0.1) is 71.6 Å². The summed E-state index contributed by atoms with van der Waals surface area (Å²) >= 11 is 0. The van der Waals surface area contributed by atoms with Crippen molar-refractivity contribution in [2.45, 2.75) is 13.2 Å². The molecule has 1 N–H and O–H groups in total. The highest BCUT2D eigenvalue weighted by Crippen LogP contribution is 2.17. The lowest BCUT2D eigenvalue weighted by atomic mass is 10.0. The molecular formula is C17H24O7. The van der Waals surface area contributed by atoms with Crippen molar-refractivity contribution >= 4 is 5.97 Å². The Morgan fingerprint density at radius 3 is 1.46 bits per heavy atom. The van der Waals surface area contributed by atoms with Gasteiger partial charge in [0.15, 0.2) is 0 Å². The molecule has 2 rings (SSSR count). The number of aromatic carboxylic acids is 1. The minimum Gasteiger partial charge on any atom is -0.478 e. The van der Waals surface area contributed by atoms with E-state index in [0.29, 0.717) is 64.0 Å². The Kier molecular flexibility index (Phi) is 8.72. The quantitative estimate of drug-likeness (QED) is 0.829. The fraction of sp³-hybridized carbons (Fsp3) is 0.588. The van der Waals surface area contributed by atoms with Crippen LogP contribution in [0.25, 0.3) is 0 Å². The third kappa shape index (κ3) is 6.54. The normalized spacial score (nSPS) is 19.2. The van der Waals surface area contributed by atoms with E-state index in [1.165, 1.54) is 0 Å². The van der Waals surface area contributed by atoms with Crippen molar-refractivity contribution in [2.75, 3.05) is 52.9 Å². The van der Waals surface area contributed by atoms with Crippen LogP contribution in [0.5, 0.6) is 0 Å². The molecule has 1 aromatic carbocycles. The smallest absolute Gasteiger partial charge is 0.336 e. The third-order valence-corrected chi connectivity index (χ3v) is 3.45. The summed E-state index contributed by atoms with van der Waals surface area (Å²) in [5.41, 5.74) is 1.50. The average molecular weight is 340 g/mol. The summed E-state index contributed by atoms with van der Waals surface area (Å²) in [6.07, 6.45) is 0. The minimum atomic E-state index is -0.980. The SMILES string of the molecule is O=C(O)c1c2cccc1COCCOCCOCCOCCOC2. The summed E-state index contributed by atoms with van der Waals surface area (Å²) in [7, 11) is 0. The summed E-state index contributed by atoms with van der Waals surface area (Å²) in [4.78, 5) is 11.6. The fourth-order valence-electron chi connectivity index (χ4n) is 2.31. The van der Waals surface area contributed by atoms with Crippen LogP contribution in [0.15, 0.2) is 18.2 Å². The molecule has 0 aliphatic carbocycles. The monoisotopic (exact) mass is 340 g/mol. The van der Waals surface area contributed by atoms with Gasteiger partial charge in [0, 0.05) is 0 Å². The average Bonchev–Trinajstić information content (AvgIpc) is 2.57. The summed E-state index contributed by atoms with van der Waals surface area (Å²) in [5.74, 6) is -0.980. The summed E-state index contributed by atoms with van der Waals surface area (Å²) in [6, 6.07) is 5.32. The number of rotatable bonds is 1. The zero-order valence-electron chi connectivity index (χ0n) is 13.7. The van der Waals surface area contributed by atoms with Gasteiger partial charge in [-0.05, 0) is 11.1 Å². The van der Waals surface area contributed by atoms with Crippen LogP contribution in [0.1, 0.15) is 21.5 Å². The number of carbonyl (C=O) groups is 1.